The lowest BCUT2D eigenvalue weighted by molar-refractivity contribution is 0.0915. The first-order valence-corrected chi connectivity index (χ1v) is 11.2. The monoisotopic (exact) mass is 534 g/mol. The molecule has 0 bridgehead atoms. The standard InChI is InChI=1S/C25H34N4O.HI/c1-26-25(27-18-22-14-17-30-24(22)21-10-6-3-7-11-21)28-23-12-15-29(16-13-23)19-20-8-4-2-5-9-20;/h2-11,22-24H,12-19H2,1H3,(H2,26,27,28);1H. The summed E-state index contributed by atoms with van der Waals surface area (Å²) in [6, 6.07) is 21.8. The van der Waals surface area contributed by atoms with Crippen molar-refractivity contribution in [3.05, 3.63) is 71.8 Å². The summed E-state index contributed by atoms with van der Waals surface area (Å²) >= 11 is 0. The van der Waals surface area contributed by atoms with Gasteiger partial charge in [-0.3, -0.25) is 9.89 Å². The Morgan fingerprint density at radius 1 is 1.00 bits per heavy atom. The molecule has 2 saturated heterocycles. The Morgan fingerprint density at radius 2 is 1.68 bits per heavy atom. The van der Waals surface area contributed by atoms with Gasteiger partial charge in [0.25, 0.3) is 0 Å². The van der Waals surface area contributed by atoms with E-state index in [1.165, 1.54) is 11.1 Å². The third kappa shape index (κ3) is 6.92. The van der Waals surface area contributed by atoms with Crippen LogP contribution in [0, 0.1) is 5.92 Å². The van der Waals surface area contributed by atoms with Gasteiger partial charge in [0.1, 0.15) is 0 Å². The summed E-state index contributed by atoms with van der Waals surface area (Å²) in [6.45, 7) is 5.00. The minimum atomic E-state index is 0. The van der Waals surface area contributed by atoms with Crippen LogP contribution in [0.3, 0.4) is 0 Å². The SMILES string of the molecule is CN=C(NCC1CCOC1c1ccccc1)NC1CCN(Cc2ccccc2)CC1.I. The lowest BCUT2D eigenvalue weighted by atomic mass is 9.95. The minimum Gasteiger partial charge on any atom is -0.373 e. The molecule has 0 saturated carbocycles. The zero-order valence-electron chi connectivity index (χ0n) is 18.4. The molecule has 6 heteroatoms. The predicted octanol–water partition coefficient (Wildman–Crippen LogP) is 4.21. The van der Waals surface area contributed by atoms with Crippen molar-refractivity contribution in [2.24, 2.45) is 10.9 Å². The van der Waals surface area contributed by atoms with Gasteiger partial charge in [0.2, 0.25) is 0 Å². The molecule has 0 spiro atoms. The Kier molecular flexibility index (Phi) is 9.61. The number of aliphatic imine (C=N–C) groups is 1. The Balaban J connectivity index is 0.00000272. The highest BCUT2D eigenvalue weighted by Gasteiger charge is 2.29. The maximum atomic E-state index is 6.02. The van der Waals surface area contributed by atoms with Crippen LogP contribution in [0.15, 0.2) is 65.7 Å². The van der Waals surface area contributed by atoms with Crippen molar-refractivity contribution in [1.29, 1.82) is 0 Å². The van der Waals surface area contributed by atoms with Crippen molar-refractivity contribution in [1.82, 2.24) is 15.5 Å². The van der Waals surface area contributed by atoms with E-state index in [4.69, 9.17) is 4.74 Å². The second kappa shape index (κ2) is 12.4. The lowest BCUT2D eigenvalue weighted by Crippen LogP contribution is -2.49. The molecule has 2 fully saturated rings. The third-order valence-corrected chi connectivity index (χ3v) is 6.28. The van der Waals surface area contributed by atoms with E-state index in [0.29, 0.717) is 12.0 Å². The van der Waals surface area contributed by atoms with Crippen molar-refractivity contribution >= 4 is 29.9 Å². The number of guanidine groups is 1. The molecule has 2 aliphatic heterocycles. The average molecular weight is 534 g/mol. The van der Waals surface area contributed by atoms with Crippen molar-refractivity contribution in [3.63, 3.8) is 0 Å². The van der Waals surface area contributed by atoms with Crippen LogP contribution in [0.5, 0.6) is 0 Å². The quantitative estimate of drug-likeness (QED) is 0.331. The van der Waals surface area contributed by atoms with Crippen LogP contribution in [0.4, 0.5) is 0 Å². The van der Waals surface area contributed by atoms with Crippen LogP contribution in [-0.2, 0) is 11.3 Å². The van der Waals surface area contributed by atoms with Gasteiger partial charge >= 0.3 is 0 Å². The summed E-state index contributed by atoms with van der Waals surface area (Å²) in [5.74, 6) is 1.38. The number of ether oxygens (including phenoxy) is 1. The second-order valence-corrected chi connectivity index (χ2v) is 8.38. The molecule has 2 N–H and O–H groups in total. The third-order valence-electron chi connectivity index (χ3n) is 6.28. The van der Waals surface area contributed by atoms with E-state index >= 15 is 0 Å². The Labute approximate surface area is 203 Å². The predicted molar refractivity (Wildman–Crippen MR) is 138 cm³/mol. The van der Waals surface area contributed by atoms with Gasteiger partial charge in [0.05, 0.1) is 6.10 Å². The molecular weight excluding hydrogens is 499 g/mol. The molecule has 0 radical (unpaired) electrons. The van der Waals surface area contributed by atoms with E-state index in [9.17, 15) is 0 Å². The summed E-state index contributed by atoms with van der Waals surface area (Å²) in [6.07, 6.45) is 3.55. The summed E-state index contributed by atoms with van der Waals surface area (Å²) in [5, 5.41) is 7.19. The van der Waals surface area contributed by atoms with E-state index in [2.05, 4.69) is 81.2 Å². The van der Waals surface area contributed by atoms with Crippen LogP contribution in [0.25, 0.3) is 0 Å². The molecule has 2 unspecified atom stereocenters. The second-order valence-electron chi connectivity index (χ2n) is 8.38. The minimum absolute atomic E-state index is 0. The topological polar surface area (TPSA) is 48.9 Å². The highest BCUT2D eigenvalue weighted by molar-refractivity contribution is 14.0. The van der Waals surface area contributed by atoms with Crippen LogP contribution in [0.1, 0.15) is 36.5 Å². The number of rotatable bonds is 6. The summed E-state index contributed by atoms with van der Waals surface area (Å²) < 4.78 is 6.02. The van der Waals surface area contributed by atoms with E-state index in [0.717, 1.165) is 58.0 Å². The molecule has 31 heavy (non-hydrogen) atoms. The molecule has 0 aromatic heterocycles. The summed E-state index contributed by atoms with van der Waals surface area (Å²) in [4.78, 5) is 7.01. The molecule has 0 aliphatic carbocycles. The zero-order valence-corrected chi connectivity index (χ0v) is 20.7. The molecule has 2 aromatic carbocycles. The fraction of sp³-hybridized carbons (Fsp3) is 0.480. The molecule has 168 valence electrons. The Hall–Kier alpha value is -1.64. The number of piperidine rings is 1. The average Bonchev–Trinajstić information content (AvgIpc) is 3.28. The molecule has 0 amide bonds. The molecule has 2 aromatic rings. The molecular formula is C25H35IN4O. The van der Waals surface area contributed by atoms with E-state index < -0.39 is 0 Å². The Bertz CT molecular complexity index is 794. The van der Waals surface area contributed by atoms with Gasteiger partial charge in [-0.2, -0.15) is 0 Å². The summed E-state index contributed by atoms with van der Waals surface area (Å²) in [5.41, 5.74) is 2.67. The van der Waals surface area contributed by atoms with Crippen molar-refractivity contribution < 1.29 is 4.74 Å². The maximum Gasteiger partial charge on any atom is 0.191 e. The van der Waals surface area contributed by atoms with Crippen molar-refractivity contribution in [3.8, 4) is 0 Å². The first-order chi connectivity index (χ1) is 14.8. The van der Waals surface area contributed by atoms with E-state index in [1.54, 1.807) is 0 Å². The van der Waals surface area contributed by atoms with Gasteiger partial charge < -0.3 is 15.4 Å². The van der Waals surface area contributed by atoms with Crippen molar-refractivity contribution in [2.45, 2.75) is 38.0 Å². The molecule has 2 atom stereocenters. The van der Waals surface area contributed by atoms with Gasteiger partial charge in [-0.15, -0.1) is 24.0 Å². The number of benzene rings is 2. The largest absolute Gasteiger partial charge is 0.373 e. The maximum absolute atomic E-state index is 6.02. The number of nitrogens with one attached hydrogen (secondary N) is 2. The van der Waals surface area contributed by atoms with E-state index in [1.807, 2.05) is 7.05 Å². The lowest BCUT2D eigenvalue weighted by Gasteiger charge is -2.33. The number of hydrogen-bond acceptors (Lipinski definition) is 3. The number of nitrogens with zero attached hydrogens (tertiary/aromatic N) is 2. The molecule has 2 heterocycles. The first kappa shape index (κ1) is 24.0. The molecule has 5 nitrogen and oxygen atoms in total. The molecule has 2 aliphatic rings. The molecule has 4 rings (SSSR count). The van der Waals surface area contributed by atoms with Crippen LogP contribution < -0.4 is 10.6 Å². The van der Waals surface area contributed by atoms with Gasteiger partial charge in [-0.1, -0.05) is 60.7 Å². The smallest absolute Gasteiger partial charge is 0.191 e. The number of hydrogen-bond donors (Lipinski definition) is 2. The fourth-order valence-electron chi connectivity index (χ4n) is 4.55. The normalized spacial score (nSPS) is 22.7. The fourth-order valence-corrected chi connectivity index (χ4v) is 4.55. The first-order valence-electron chi connectivity index (χ1n) is 11.2. The zero-order chi connectivity index (χ0) is 20.6. The summed E-state index contributed by atoms with van der Waals surface area (Å²) in [7, 11) is 1.86. The van der Waals surface area contributed by atoms with Crippen LogP contribution >= 0.6 is 24.0 Å². The van der Waals surface area contributed by atoms with Gasteiger partial charge in [-0.05, 0) is 30.4 Å². The van der Waals surface area contributed by atoms with Gasteiger partial charge in [0.15, 0.2) is 5.96 Å². The highest BCUT2D eigenvalue weighted by Crippen LogP contribution is 2.33. The number of likely N-dealkylation sites (tertiary alicyclic amines) is 1. The van der Waals surface area contributed by atoms with Crippen LogP contribution in [0.2, 0.25) is 0 Å². The Morgan fingerprint density at radius 3 is 2.35 bits per heavy atom. The van der Waals surface area contributed by atoms with Crippen LogP contribution in [-0.4, -0.2) is 50.2 Å². The number of halogens is 1. The van der Waals surface area contributed by atoms with E-state index in [-0.39, 0.29) is 30.1 Å². The van der Waals surface area contributed by atoms with Crippen molar-refractivity contribution in [2.75, 3.05) is 33.3 Å². The highest BCUT2D eigenvalue weighted by atomic mass is 127. The van der Waals surface area contributed by atoms with Gasteiger partial charge in [0, 0.05) is 51.8 Å². The van der Waals surface area contributed by atoms with Gasteiger partial charge in [-0.25, -0.2) is 0 Å².